The zero-order valence-electron chi connectivity index (χ0n) is 11.8. The Morgan fingerprint density at radius 2 is 2.00 bits per heavy atom. The van der Waals surface area contributed by atoms with Crippen LogP contribution in [0.5, 0.6) is 0 Å². The van der Waals surface area contributed by atoms with Gasteiger partial charge in [0.2, 0.25) is 0 Å². The lowest BCUT2D eigenvalue weighted by Crippen LogP contribution is -2.35. The minimum absolute atomic E-state index is 0.0743. The van der Waals surface area contributed by atoms with Gasteiger partial charge in [-0.1, -0.05) is 25.8 Å². The van der Waals surface area contributed by atoms with Gasteiger partial charge in [0.15, 0.2) is 0 Å². The number of halogens is 3. The Labute approximate surface area is 117 Å². The van der Waals surface area contributed by atoms with Gasteiger partial charge < -0.3 is 0 Å². The fourth-order valence-electron chi connectivity index (χ4n) is 3.31. The van der Waals surface area contributed by atoms with Crippen LogP contribution in [0.15, 0.2) is 18.2 Å². The molecule has 0 aliphatic heterocycles. The number of aryl methyl sites for hydroxylation is 1. The number of nitrogens with two attached hydrogens (primary N) is 1. The van der Waals surface area contributed by atoms with Gasteiger partial charge in [0.1, 0.15) is 0 Å². The first-order chi connectivity index (χ1) is 9.34. The second-order valence-corrected chi connectivity index (χ2v) is 5.79. The molecule has 112 valence electrons. The second kappa shape index (κ2) is 5.74. The summed E-state index contributed by atoms with van der Waals surface area (Å²) in [5, 5.41) is 0. The lowest BCUT2D eigenvalue weighted by molar-refractivity contribution is -0.137. The lowest BCUT2D eigenvalue weighted by Gasteiger charge is -2.28. The number of nitrogens with one attached hydrogen (secondary N) is 1. The van der Waals surface area contributed by atoms with Gasteiger partial charge in [-0.15, -0.1) is 0 Å². The highest BCUT2D eigenvalue weighted by Crippen LogP contribution is 2.41. The molecule has 0 saturated heterocycles. The van der Waals surface area contributed by atoms with Crippen LogP contribution in [0.1, 0.15) is 48.9 Å². The molecule has 0 aromatic heterocycles. The van der Waals surface area contributed by atoms with Gasteiger partial charge in [-0.3, -0.25) is 11.3 Å². The van der Waals surface area contributed by atoms with Crippen molar-refractivity contribution in [3.05, 3.63) is 34.9 Å². The van der Waals surface area contributed by atoms with E-state index in [1.54, 1.807) is 13.0 Å². The van der Waals surface area contributed by atoms with Gasteiger partial charge in [-0.25, -0.2) is 0 Å². The highest BCUT2D eigenvalue weighted by molar-refractivity contribution is 5.35. The highest BCUT2D eigenvalue weighted by atomic mass is 19.4. The van der Waals surface area contributed by atoms with E-state index >= 15 is 0 Å². The molecule has 1 aliphatic rings. The van der Waals surface area contributed by atoms with Crippen LogP contribution in [0.4, 0.5) is 13.2 Å². The normalized spacial score (nSPS) is 24.9. The Bertz CT molecular complexity index is 471. The molecular weight excluding hydrogens is 265 g/mol. The number of hydrogen-bond donors (Lipinski definition) is 2. The van der Waals surface area contributed by atoms with E-state index in [-0.39, 0.29) is 6.04 Å². The summed E-state index contributed by atoms with van der Waals surface area (Å²) >= 11 is 0. The predicted molar refractivity (Wildman–Crippen MR) is 72.8 cm³/mol. The molecule has 20 heavy (non-hydrogen) atoms. The Morgan fingerprint density at radius 3 is 2.45 bits per heavy atom. The predicted octanol–water partition coefficient (Wildman–Crippen LogP) is 3.95. The SMILES string of the molecule is Cc1cc(C(F)(F)F)ccc1C(NN)C1CCCC1C. The Balaban J connectivity index is 2.31. The van der Waals surface area contributed by atoms with Crippen molar-refractivity contribution in [1.29, 1.82) is 0 Å². The second-order valence-electron chi connectivity index (χ2n) is 5.79. The molecule has 0 amide bonds. The van der Waals surface area contributed by atoms with Crippen LogP contribution >= 0.6 is 0 Å². The van der Waals surface area contributed by atoms with E-state index in [0.29, 0.717) is 17.4 Å². The van der Waals surface area contributed by atoms with E-state index < -0.39 is 11.7 Å². The molecule has 3 N–H and O–H groups in total. The van der Waals surface area contributed by atoms with Crippen molar-refractivity contribution in [1.82, 2.24) is 5.43 Å². The lowest BCUT2D eigenvalue weighted by atomic mass is 9.84. The molecular formula is C15H21F3N2. The molecule has 2 rings (SSSR count). The molecule has 0 spiro atoms. The largest absolute Gasteiger partial charge is 0.416 e. The number of alkyl halides is 3. The summed E-state index contributed by atoms with van der Waals surface area (Å²) in [6.07, 6.45) is -0.918. The molecule has 0 bridgehead atoms. The van der Waals surface area contributed by atoms with Crippen molar-refractivity contribution < 1.29 is 13.2 Å². The van der Waals surface area contributed by atoms with E-state index in [9.17, 15) is 13.2 Å². The van der Waals surface area contributed by atoms with Crippen molar-refractivity contribution >= 4 is 0 Å². The molecule has 1 fully saturated rings. The summed E-state index contributed by atoms with van der Waals surface area (Å²) < 4.78 is 38.1. The molecule has 1 saturated carbocycles. The summed E-state index contributed by atoms with van der Waals surface area (Å²) in [6, 6.07) is 3.84. The summed E-state index contributed by atoms with van der Waals surface area (Å²) in [6.45, 7) is 3.90. The molecule has 1 aliphatic carbocycles. The van der Waals surface area contributed by atoms with Crippen LogP contribution in [0.3, 0.4) is 0 Å². The van der Waals surface area contributed by atoms with Crippen LogP contribution in [0, 0.1) is 18.8 Å². The molecule has 0 radical (unpaired) electrons. The monoisotopic (exact) mass is 286 g/mol. The third-order valence-electron chi connectivity index (χ3n) is 4.47. The van der Waals surface area contributed by atoms with Crippen LogP contribution in [0.2, 0.25) is 0 Å². The highest BCUT2D eigenvalue weighted by Gasteiger charge is 2.34. The maximum Gasteiger partial charge on any atom is 0.416 e. The van der Waals surface area contributed by atoms with Crippen LogP contribution < -0.4 is 11.3 Å². The van der Waals surface area contributed by atoms with Crippen molar-refractivity contribution in [3.8, 4) is 0 Å². The fraction of sp³-hybridized carbons (Fsp3) is 0.600. The number of rotatable bonds is 3. The topological polar surface area (TPSA) is 38.0 Å². The molecule has 0 heterocycles. The third-order valence-corrected chi connectivity index (χ3v) is 4.47. The number of benzene rings is 1. The summed E-state index contributed by atoms with van der Waals surface area (Å²) in [5.74, 6) is 6.59. The number of hydrazine groups is 1. The first-order valence-corrected chi connectivity index (χ1v) is 6.98. The molecule has 3 atom stereocenters. The first kappa shape index (κ1) is 15.3. The van der Waals surface area contributed by atoms with Gasteiger partial charge >= 0.3 is 6.18 Å². The Hall–Kier alpha value is -1.07. The molecule has 1 aromatic rings. The average molecular weight is 286 g/mol. The van der Waals surface area contributed by atoms with Gasteiger partial charge in [-0.2, -0.15) is 13.2 Å². The van der Waals surface area contributed by atoms with Crippen molar-refractivity contribution in [2.45, 2.75) is 45.3 Å². The quantitative estimate of drug-likeness (QED) is 0.652. The van der Waals surface area contributed by atoms with E-state index in [0.717, 1.165) is 30.9 Å². The van der Waals surface area contributed by atoms with Crippen LogP contribution in [-0.2, 0) is 6.18 Å². The Kier molecular flexibility index (Phi) is 4.39. The maximum absolute atomic E-state index is 12.7. The van der Waals surface area contributed by atoms with Crippen LogP contribution in [0.25, 0.3) is 0 Å². The maximum atomic E-state index is 12.7. The van der Waals surface area contributed by atoms with Gasteiger partial charge in [0.25, 0.3) is 0 Å². The minimum Gasteiger partial charge on any atom is -0.271 e. The van der Waals surface area contributed by atoms with Crippen molar-refractivity contribution in [3.63, 3.8) is 0 Å². The van der Waals surface area contributed by atoms with E-state index in [2.05, 4.69) is 12.3 Å². The van der Waals surface area contributed by atoms with Crippen LogP contribution in [-0.4, -0.2) is 0 Å². The van der Waals surface area contributed by atoms with Gasteiger partial charge in [0, 0.05) is 6.04 Å². The molecule has 1 aromatic carbocycles. The molecule has 5 heteroatoms. The van der Waals surface area contributed by atoms with Crippen molar-refractivity contribution in [2.24, 2.45) is 17.7 Å². The molecule has 2 nitrogen and oxygen atoms in total. The molecule has 3 unspecified atom stereocenters. The minimum atomic E-state index is -4.30. The average Bonchev–Trinajstić information content (AvgIpc) is 2.77. The van der Waals surface area contributed by atoms with E-state index in [4.69, 9.17) is 5.84 Å². The van der Waals surface area contributed by atoms with Gasteiger partial charge in [0.05, 0.1) is 5.56 Å². The first-order valence-electron chi connectivity index (χ1n) is 6.98. The summed E-state index contributed by atoms with van der Waals surface area (Å²) in [7, 11) is 0. The third kappa shape index (κ3) is 2.99. The zero-order valence-corrected chi connectivity index (χ0v) is 11.8. The standard InChI is InChI=1S/C15H21F3N2/c1-9-4-3-5-12(9)14(20-19)13-7-6-11(8-10(13)2)15(16,17)18/h6-9,12,14,20H,3-5,19H2,1-2H3. The van der Waals surface area contributed by atoms with E-state index in [1.807, 2.05) is 0 Å². The smallest absolute Gasteiger partial charge is 0.271 e. The number of hydrogen-bond acceptors (Lipinski definition) is 2. The fourth-order valence-corrected chi connectivity index (χ4v) is 3.31. The van der Waals surface area contributed by atoms with Crippen molar-refractivity contribution in [2.75, 3.05) is 0 Å². The van der Waals surface area contributed by atoms with Gasteiger partial charge in [-0.05, 0) is 48.4 Å². The zero-order chi connectivity index (χ0) is 14.9. The summed E-state index contributed by atoms with van der Waals surface area (Å²) in [5.41, 5.74) is 3.72. The summed E-state index contributed by atoms with van der Waals surface area (Å²) in [4.78, 5) is 0. The Morgan fingerprint density at radius 1 is 1.30 bits per heavy atom. The van der Waals surface area contributed by atoms with E-state index in [1.165, 1.54) is 6.07 Å².